The zero-order valence-corrected chi connectivity index (χ0v) is 16.2. The molecule has 1 fully saturated rings. The van der Waals surface area contributed by atoms with E-state index < -0.39 is 54.5 Å². The average molecular weight is 408 g/mol. The minimum absolute atomic E-state index is 0.0202. The van der Waals surface area contributed by atoms with Gasteiger partial charge in [0.15, 0.2) is 18.5 Å². The van der Waals surface area contributed by atoms with E-state index in [9.17, 15) is 24.3 Å². The van der Waals surface area contributed by atoms with Crippen LogP contribution in [0.2, 0.25) is 0 Å². The van der Waals surface area contributed by atoms with Crippen LogP contribution in [-0.2, 0) is 44.7 Å². The predicted molar refractivity (Wildman–Crippen MR) is 93.6 cm³/mol. The van der Waals surface area contributed by atoms with Crippen molar-refractivity contribution in [2.45, 2.75) is 58.0 Å². The van der Waals surface area contributed by atoms with Crippen molar-refractivity contribution in [2.24, 2.45) is 0 Å². The van der Waals surface area contributed by atoms with Crippen molar-refractivity contribution < 1.29 is 43.2 Å². The summed E-state index contributed by atoms with van der Waals surface area (Å²) in [6, 6.07) is 7.80. The quantitative estimate of drug-likeness (QED) is 0.565. The fraction of sp³-hybridized carbons (Fsp3) is 0.474. The minimum Gasteiger partial charge on any atom is -0.547 e. The fourth-order valence-electron chi connectivity index (χ4n) is 2.96. The third kappa shape index (κ3) is 6.26. The molecule has 10 heteroatoms. The van der Waals surface area contributed by atoms with Gasteiger partial charge in [0.2, 0.25) is 5.91 Å². The number of ether oxygens (including phenoxy) is 4. The van der Waals surface area contributed by atoms with E-state index in [2.05, 4.69) is 5.32 Å². The lowest BCUT2D eigenvalue weighted by Gasteiger charge is -2.45. The molecule has 5 atom stereocenters. The van der Waals surface area contributed by atoms with E-state index in [1.54, 1.807) is 24.3 Å². The third-order valence-electron chi connectivity index (χ3n) is 4.01. The lowest BCUT2D eigenvalue weighted by atomic mass is 9.95. The van der Waals surface area contributed by atoms with Gasteiger partial charge in [-0.1, -0.05) is 30.3 Å². The molecule has 1 aromatic carbocycles. The van der Waals surface area contributed by atoms with Gasteiger partial charge >= 0.3 is 11.9 Å². The van der Waals surface area contributed by atoms with E-state index in [1.807, 2.05) is 6.07 Å². The van der Waals surface area contributed by atoms with Crippen LogP contribution in [0.15, 0.2) is 30.3 Å². The number of rotatable bonds is 7. The van der Waals surface area contributed by atoms with Crippen molar-refractivity contribution in [3.8, 4) is 0 Å². The molecule has 1 aromatic rings. The summed E-state index contributed by atoms with van der Waals surface area (Å²) in [6.07, 6.45) is -6.03. The van der Waals surface area contributed by atoms with Gasteiger partial charge < -0.3 is 34.2 Å². The zero-order chi connectivity index (χ0) is 21.6. The van der Waals surface area contributed by atoms with Gasteiger partial charge in [-0.15, -0.1) is 0 Å². The van der Waals surface area contributed by atoms with E-state index in [0.717, 1.165) is 19.4 Å². The zero-order valence-electron chi connectivity index (χ0n) is 16.2. The molecule has 0 aromatic heterocycles. The molecule has 29 heavy (non-hydrogen) atoms. The number of hydrogen-bond donors (Lipinski definition) is 1. The van der Waals surface area contributed by atoms with E-state index >= 15 is 0 Å². The van der Waals surface area contributed by atoms with E-state index in [4.69, 9.17) is 18.9 Å². The van der Waals surface area contributed by atoms with Crippen molar-refractivity contribution in [3.05, 3.63) is 35.9 Å². The topological polar surface area (TPSA) is 140 Å². The van der Waals surface area contributed by atoms with E-state index in [0.29, 0.717) is 0 Å². The summed E-state index contributed by atoms with van der Waals surface area (Å²) in [6.45, 7) is 3.39. The lowest BCUT2D eigenvalue weighted by Crippen LogP contribution is -2.68. The summed E-state index contributed by atoms with van der Waals surface area (Å²) in [7, 11) is 0. The molecule has 0 unspecified atom stereocenters. The van der Waals surface area contributed by atoms with Crippen molar-refractivity contribution in [2.75, 3.05) is 0 Å². The second kappa shape index (κ2) is 9.99. The second-order valence-corrected chi connectivity index (χ2v) is 6.42. The third-order valence-corrected chi connectivity index (χ3v) is 4.01. The second-order valence-electron chi connectivity index (χ2n) is 6.42. The van der Waals surface area contributed by atoms with Crippen LogP contribution in [0.5, 0.6) is 0 Å². The van der Waals surface area contributed by atoms with Crippen molar-refractivity contribution in [1.82, 2.24) is 5.32 Å². The molecular weight excluding hydrogens is 386 g/mol. The molecule has 1 saturated heterocycles. The molecular formula is C19H22NO9-. The first kappa shape index (κ1) is 22.3. The Bertz CT molecular complexity index is 751. The van der Waals surface area contributed by atoms with Gasteiger partial charge in [0, 0.05) is 20.8 Å². The van der Waals surface area contributed by atoms with E-state index in [-0.39, 0.29) is 6.61 Å². The van der Waals surface area contributed by atoms with Crippen LogP contribution >= 0.6 is 0 Å². The van der Waals surface area contributed by atoms with Crippen LogP contribution in [0.3, 0.4) is 0 Å². The summed E-state index contributed by atoms with van der Waals surface area (Å²) in [5.74, 6) is -3.81. The summed E-state index contributed by atoms with van der Waals surface area (Å²) in [5, 5.41) is 14.1. The molecule has 0 aliphatic carbocycles. The number of amides is 1. The Kier molecular flexibility index (Phi) is 7.68. The SMILES string of the molecule is CC(=O)N[C@H]1[C@@H](OCc2ccccc2)O[C@@H](C(=O)[O-])[C@@H](OC(C)=O)[C@H]1OC(C)=O. The number of hydrogen-bond acceptors (Lipinski definition) is 9. The summed E-state index contributed by atoms with van der Waals surface area (Å²) >= 11 is 0. The maximum atomic E-state index is 11.7. The summed E-state index contributed by atoms with van der Waals surface area (Å²) < 4.78 is 21.3. The van der Waals surface area contributed by atoms with Crippen LogP contribution in [0.25, 0.3) is 0 Å². The van der Waals surface area contributed by atoms with Crippen LogP contribution in [0.4, 0.5) is 0 Å². The molecule has 0 saturated carbocycles. The Morgan fingerprint density at radius 2 is 1.59 bits per heavy atom. The predicted octanol–water partition coefficient (Wildman–Crippen LogP) is -0.954. The molecule has 1 aliphatic heterocycles. The summed E-state index contributed by atoms with van der Waals surface area (Å²) in [5.41, 5.74) is 0.758. The molecule has 1 amide bonds. The van der Waals surface area contributed by atoms with Crippen LogP contribution in [0, 0.1) is 0 Å². The van der Waals surface area contributed by atoms with Gasteiger partial charge in [0.25, 0.3) is 0 Å². The van der Waals surface area contributed by atoms with Gasteiger partial charge in [0.05, 0.1) is 12.6 Å². The fourth-order valence-corrected chi connectivity index (χ4v) is 2.96. The number of benzene rings is 1. The van der Waals surface area contributed by atoms with Crippen molar-refractivity contribution >= 4 is 23.8 Å². The number of carbonyl (C=O) groups is 4. The normalized spacial score (nSPS) is 26.2. The van der Waals surface area contributed by atoms with E-state index in [1.165, 1.54) is 6.92 Å². The molecule has 1 N–H and O–H groups in total. The average Bonchev–Trinajstić information content (AvgIpc) is 2.63. The molecule has 0 bridgehead atoms. The molecule has 2 rings (SSSR count). The number of carboxylic acids is 1. The standard InChI is InChI=1S/C19H23NO9/c1-10(21)20-14-15(27-11(2)22)16(28-12(3)23)17(18(24)25)29-19(14)26-9-13-7-5-4-6-8-13/h4-8,14-17,19H,9H2,1-3H3,(H,20,21)(H,24,25)/p-1/t14-,15+,16+,17-,19+/m1/s1. The maximum absolute atomic E-state index is 11.7. The monoisotopic (exact) mass is 408 g/mol. The van der Waals surface area contributed by atoms with Gasteiger partial charge in [-0.25, -0.2) is 0 Å². The Hall–Kier alpha value is -2.98. The Labute approximate surface area is 167 Å². The highest BCUT2D eigenvalue weighted by molar-refractivity contribution is 5.75. The highest BCUT2D eigenvalue weighted by Crippen LogP contribution is 2.28. The lowest BCUT2D eigenvalue weighted by molar-refractivity contribution is -0.342. The first-order valence-electron chi connectivity index (χ1n) is 8.82. The molecule has 0 radical (unpaired) electrons. The largest absolute Gasteiger partial charge is 0.547 e. The van der Waals surface area contributed by atoms with Crippen LogP contribution < -0.4 is 10.4 Å². The Balaban J connectivity index is 2.36. The number of carboxylic acid groups (broad SMARTS) is 1. The summed E-state index contributed by atoms with van der Waals surface area (Å²) in [4.78, 5) is 46.4. The number of esters is 2. The van der Waals surface area contributed by atoms with Crippen LogP contribution in [0.1, 0.15) is 26.3 Å². The first-order chi connectivity index (χ1) is 13.7. The van der Waals surface area contributed by atoms with Gasteiger partial charge in [-0.05, 0) is 5.56 Å². The molecule has 1 heterocycles. The first-order valence-corrected chi connectivity index (χ1v) is 8.82. The van der Waals surface area contributed by atoms with Crippen LogP contribution in [-0.4, -0.2) is 54.5 Å². The Morgan fingerprint density at radius 3 is 2.10 bits per heavy atom. The minimum atomic E-state index is -1.78. The smallest absolute Gasteiger partial charge is 0.303 e. The van der Waals surface area contributed by atoms with Crippen molar-refractivity contribution in [3.63, 3.8) is 0 Å². The van der Waals surface area contributed by atoms with Gasteiger partial charge in [0.1, 0.15) is 12.1 Å². The number of carbonyl (C=O) groups excluding carboxylic acids is 4. The molecule has 10 nitrogen and oxygen atoms in total. The van der Waals surface area contributed by atoms with Crippen molar-refractivity contribution in [1.29, 1.82) is 0 Å². The molecule has 0 spiro atoms. The van der Waals surface area contributed by atoms with Gasteiger partial charge in [-0.2, -0.15) is 0 Å². The van der Waals surface area contributed by atoms with Gasteiger partial charge in [-0.3, -0.25) is 14.4 Å². The highest BCUT2D eigenvalue weighted by atomic mass is 16.7. The number of nitrogens with one attached hydrogen (secondary N) is 1. The maximum Gasteiger partial charge on any atom is 0.303 e. The highest BCUT2D eigenvalue weighted by Gasteiger charge is 2.51. The molecule has 158 valence electrons. The molecule has 1 aliphatic rings. The Morgan fingerprint density at radius 1 is 1.00 bits per heavy atom. The number of aliphatic carboxylic acids is 1.